The van der Waals surface area contributed by atoms with Crippen molar-refractivity contribution in [3.05, 3.63) is 54.3 Å². The van der Waals surface area contributed by atoms with Gasteiger partial charge in [0.05, 0.1) is 47.0 Å². The van der Waals surface area contributed by atoms with Gasteiger partial charge in [0.1, 0.15) is 13.2 Å². The van der Waals surface area contributed by atoms with E-state index < -0.39 is 30.3 Å². The highest BCUT2D eigenvalue weighted by Gasteiger charge is 2.28. The minimum atomic E-state index is -4.09. The third-order valence-corrected chi connectivity index (χ3v) is 8.11. The highest BCUT2D eigenvalue weighted by Crippen LogP contribution is 2.49. The van der Waals surface area contributed by atoms with Gasteiger partial charge in [0.2, 0.25) is 0 Å². The molecule has 17 nitrogen and oxygen atoms in total. The van der Waals surface area contributed by atoms with Crippen LogP contribution < -0.4 is 39.5 Å². The molecule has 4 heterocycles. The van der Waals surface area contributed by atoms with Crippen LogP contribution in [0.2, 0.25) is 0 Å². The lowest BCUT2D eigenvalue weighted by atomic mass is 10.5. The van der Waals surface area contributed by atoms with Gasteiger partial charge in [-0.1, -0.05) is 0 Å². The molecule has 4 rings (SSSR count). The zero-order valence-electron chi connectivity index (χ0n) is 24.5. The Kier molecular flexibility index (Phi) is 10.0. The van der Waals surface area contributed by atoms with E-state index in [9.17, 15) is 23.7 Å². The third-order valence-electron chi connectivity index (χ3n) is 6.61. The molecule has 0 fully saturated rings. The normalized spacial score (nSPS) is 12.4. The van der Waals surface area contributed by atoms with Gasteiger partial charge in [0, 0.05) is 41.3 Å². The molecule has 0 aliphatic rings. The van der Waals surface area contributed by atoms with Crippen LogP contribution >= 0.6 is 7.82 Å². The molecule has 0 radical (unpaired) electrons. The molecule has 0 bridgehead atoms. The van der Waals surface area contributed by atoms with Gasteiger partial charge in [0.15, 0.2) is 22.3 Å². The molecular weight excluding hydrogens is 641 g/mol. The fourth-order valence-corrected chi connectivity index (χ4v) is 5.31. The number of fused-ring (bicyclic) bond motifs is 2. The third kappa shape index (κ3) is 6.58. The van der Waals surface area contributed by atoms with Crippen molar-refractivity contribution in [2.24, 2.45) is 28.2 Å². The van der Waals surface area contributed by atoms with Crippen LogP contribution in [-0.2, 0) is 59.4 Å². The lowest BCUT2D eigenvalue weighted by Crippen LogP contribution is -3.00. The molecule has 0 saturated carbocycles. The number of likely N-dealkylation sites (N-methyl/N-ethyl adjacent to an activating group) is 1. The van der Waals surface area contributed by atoms with Gasteiger partial charge < -0.3 is 30.6 Å². The van der Waals surface area contributed by atoms with Crippen LogP contribution in [0.25, 0.3) is 22.3 Å². The predicted molar refractivity (Wildman–Crippen MR) is 149 cm³/mol. The van der Waals surface area contributed by atoms with Crippen molar-refractivity contribution in [3.63, 3.8) is 0 Å². The first-order valence-corrected chi connectivity index (χ1v) is 14.2. The first kappa shape index (κ1) is 33.4. The fourth-order valence-electron chi connectivity index (χ4n) is 4.17. The molecule has 0 aliphatic heterocycles. The van der Waals surface area contributed by atoms with Crippen LogP contribution in [-0.4, -0.2) is 89.4 Å². The molecule has 0 unspecified atom stereocenters. The number of hydrogen-bond acceptors (Lipinski definition) is 10. The van der Waals surface area contributed by atoms with Crippen molar-refractivity contribution < 1.29 is 39.6 Å². The van der Waals surface area contributed by atoms with E-state index in [2.05, 4.69) is 9.97 Å². The Labute approximate surface area is 250 Å². The molecule has 19 heteroatoms. The van der Waals surface area contributed by atoms with E-state index in [4.69, 9.17) is 13.6 Å². The second-order valence-electron chi connectivity index (χ2n) is 10.6. The fraction of sp³-hybridized carbons (Fsp3) is 0.565. The first-order valence-electron chi connectivity index (χ1n) is 12.7. The monoisotopic (exact) mass is 675 g/mol. The molecule has 0 spiro atoms. The number of rotatable bonds is 12. The smallest absolute Gasteiger partial charge is 0.475 e. The number of imidazole rings is 2. The number of halogens is 1. The van der Waals surface area contributed by atoms with Crippen LogP contribution in [0, 0.1) is 0 Å². The van der Waals surface area contributed by atoms with Crippen LogP contribution in [0.15, 0.2) is 31.8 Å². The van der Waals surface area contributed by atoms with Crippen LogP contribution in [0.3, 0.4) is 0 Å². The molecule has 0 aromatic carbocycles. The Morgan fingerprint density at radius 3 is 1.45 bits per heavy atom. The summed E-state index contributed by atoms with van der Waals surface area (Å²) in [6.07, 6.45) is 2.80. The summed E-state index contributed by atoms with van der Waals surface area (Å²) in [5, 5.41) is 0. The predicted octanol–water partition coefficient (Wildman–Crippen LogP) is -4.25. The van der Waals surface area contributed by atoms with E-state index in [1.807, 2.05) is 21.1 Å². The Morgan fingerprint density at radius 1 is 0.690 bits per heavy atom. The van der Waals surface area contributed by atoms with E-state index in [0.717, 1.165) is 9.13 Å². The second kappa shape index (κ2) is 12.6. The SMILES string of the molecule is Cn1c(=O)c2c(ncn2CCOP(=O)(OCCn2cnc3c2c(=O)n(C)c(=O)n3C)OCC[N+](C)(C)C)n(C)c1=O.[Br-]. The van der Waals surface area contributed by atoms with Gasteiger partial charge in [0.25, 0.3) is 11.1 Å². The molecule has 4 aromatic rings. The van der Waals surface area contributed by atoms with Gasteiger partial charge in [-0.2, -0.15) is 0 Å². The van der Waals surface area contributed by atoms with E-state index >= 15 is 0 Å². The summed E-state index contributed by atoms with van der Waals surface area (Å²) >= 11 is 0. The number of aryl methyl sites for hydroxylation is 2. The van der Waals surface area contributed by atoms with Crippen LogP contribution in [0.5, 0.6) is 0 Å². The Hall–Kier alpha value is -3.15. The van der Waals surface area contributed by atoms with Crippen molar-refractivity contribution in [1.82, 2.24) is 37.4 Å². The summed E-state index contributed by atoms with van der Waals surface area (Å²) in [4.78, 5) is 58.1. The quantitative estimate of drug-likeness (QED) is 0.106. The number of phosphoric acid groups is 1. The van der Waals surface area contributed by atoms with Gasteiger partial charge in [-0.3, -0.25) is 41.4 Å². The Morgan fingerprint density at radius 2 is 1.07 bits per heavy atom. The van der Waals surface area contributed by atoms with Gasteiger partial charge in [-0.05, 0) is 0 Å². The molecule has 0 atom stereocenters. The van der Waals surface area contributed by atoms with E-state index in [-0.39, 0.29) is 72.2 Å². The average Bonchev–Trinajstić information content (AvgIpc) is 3.52. The molecule has 0 N–H and O–H groups in total. The van der Waals surface area contributed by atoms with Gasteiger partial charge in [-0.25, -0.2) is 24.1 Å². The van der Waals surface area contributed by atoms with Gasteiger partial charge >= 0.3 is 19.2 Å². The molecule has 0 aliphatic carbocycles. The van der Waals surface area contributed by atoms with Crippen molar-refractivity contribution >= 4 is 30.2 Å². The minimum Gasteiger partial charge on any atom is -1.00 e. The molecule has 0 amide bonds. The highest BCUT2D eigenvalue weighted by atomic mass is 79.9. The zero-order valence-corrected chi connectivity index (χ0v) is 27.0. The van der Waals surface area contributed by atoms with E-state index in [1.165, 1.54) is 59.1 Å². The first-order chi connectivity index (χ1) is 19.1. The molecule has 4 aromatic heterocycles. The maximum Gasteiger partial charge on any atom is 0.475 e. The number of quaternary nitrogens is 1. The summed E-state index contributed by atoms with van der Waals surface area (Å²) < 4.78 is 38.5. The summed E-state index contributed by atoms with van der Waals surface area (Å²) in [5.74, 6) is 0. The standard InChI is InChI=1S/C23H35N9O8P.BrH/c1-26-18-16(20(33)28(3)22(26)35)30(14-24-18)8-11-38-41(37,40-13-10-32(5,6)7)39-12-9-31-15-25-19-17(31)21(34)29(4)23(36)27(19)2;/h14-15H,8-13H2,1-7H3;1H/q+1;/p-1. The number of phosphoric ester groups is 1. The lowest BCUT2D eigenvalue weighted by Gasteiger charge is -2.25. The lowest BCUT2D eigenvalue weighted by molar-refractivity contribution is -0.870. The van der Waals surface area contributed by atoms with E-state index in [0.29, 0.717) is 11.0 Å². The number of aromatic nitrogens is 8. The maximum atomic E-state index is 13.6. The Balaban J connectivity index is 0.00000484. The molecule has 42 heavy (non-hydrogen) atoms. The van der Waals surface area contributed by atoms with Crippen molar-refractivity contribution in [3.8, 4) is 0 Å². The molecular formula is C23H35BrN9O8P. The summed E-state index contributed by atoms with van der Waals surface area (Å²) in [6, 6.07) is 0. The molecule has 232 valence electrons. The summed E-state index contributed by atoms with van der Waals surface area (Å²) in [5.41, 5.74) is -1.21. The van der Waals surface area contributed by atoms with Crippen molar-refractivity contribution in [2.45, 2.75) is 13.1 Å². The van der Waals surface area contributed by atoms with Crippen LogP contribution in [0.4, 0.5) is 0 Å². The van der Waals surface area contributed by atoms with Crippen LogP contribution in [0.1, 0.15) is 0 Å². The average molecular weight is 676 g/mol. The minimum absolute atomic E-state index is 0. The summed E-state index contributed by atoms with van der Waals surface area (Å²) in [7, 11) is 7.54. The number of hydrogen-bond donors (Lipinski definition) is 0. The van der Waals surface area contributed by atoms with Crippen molar-refractivity contribution in [1.29, 1.82) is 0 Å². The largest absolute Gasteiger partial charge is 1.00 e. The summed E-state index contributed by atoms with van der Waals surface area (Å²) in [6.45, 7) is 0.432. The zero-order chi connectivity index (χ0) is 30.3. The van der Waals surface area contributed by atoms with E-state index in [1.54, 1.807) is 0 Å². The Bertz CT molecular complexity index is 1770. The topological polar surface area (TPSA) is 168 Å². The second-order valence-corrected chi connectivity index (χ2v) is 12.3. The molecule has 0 saturated heterocycles. The van der Waals surface area contributed by atoms with Gasteiger partial charge in [-0.15, -0.1) is 0 Å². The van der Waals surface area contributed by atoms with Crippen molar-refractivity contribution in [2.75, 3.05) is 47.5 Å². The maximum absolute atomic E-state index is 13.6. The number of nitrogens with zero attached hydrogens (tertiary/aromatic N) is 9. The highest BCUT2D eigenvalue weighted by molar-refractivity contribution is 7.48.